The maximum Gasteiger partial charge on any atom is 0.334 e. The fourth-order valence-corrected chi connectivity index (χ4v) is 3.66. The zero-order valence-corrected chi connectivity index (χ0v) is 16.8. The lowest BCUT2D eigenvalue weighted by Crippen LogP contribution is -2.35. The first kappa shape index (κ1) is 20.4. The number of hydrogen-bond donors (Lipinski definition) is 2. The van der Waals surface area contributed by atoms with Crippen molar-refractivity contribution in [2.24, 2.45) is 0 Å². The molecule has 1 heterocycles. The molecule has 0 spiro atoms. The molecule has 0 saturated carbocycles. The highest BCUT2D eigenvalue weighted by Gasteiger charge is 2.23. The number of nitrogens with one attached hydrogen (secondary N) is 2. The summed E-state index contributed by atoms with van der Waals surface area (Å²) < 4.78 is 28.1. The van der Waals surface area contributed by atoms with Gasteiger partial charge in [-0.2, -0.15) is 10.4 Å². The summed E-state index contributed by atoms with van der Waals surface area (Å²) in [6, 6.07) is 15.3. The van der Waals surface area contributed by atoms with Gasteiger partial charge in [-0.15, -0.1) is 0 Å². The molecule has 2 N–H and O–H groups in total. The van der Waals surface area contributed by atoms with Crippen molar-refractivity contribution >= 4 is 33.5 Å². The zero-order valence-electron chi connectivity index (χ0n) is 15.3. The van der Waals surface area contributed by atoms with Crippen molar-refractivity contribution in [2.45, 2.75) is 18.2 Å². The van der Waals surface area contributed by atoms with Gasteiger partial charge in [0.1, 0.15) is 11.6 Å². The van der Waals surface area contributed by atoms with Crippen LogP contribution in [0.15, 0.2) is 59.5 Å². The molecule has 3 rings (SSSR count). The lowest BCUT2D eigenvalue weighted by Gasteiger charge is -2.11. The predicted octanol–water partition coefficient (Wildman–Crippen LogP) is 3.47. The van der Waals surface area contributed by atoms with Gasteiger partial charge in [0, 0.05) is 5.02 Å². The summed E-state index contributed by atoms with van der Waals surface area (Å²) in [5, 5.41) is 16.7. The minimum Gasteiger partial charge on any atom is -0.290 e. The summed E-state index contributed by atoms with van der Waals surface area (Å²) in [6.45, 7) is 1.83. The van der Waals surface area contributed by atoms with Crippen molar-refractivity contribution < 1.29 is 13.2 Å². The Kier molecular flexibility index (Phi) is 5.87. The normalized spacial score (nSPS) is 10.9. The van der Waals surface area contributed by atoms with E-state index in [1.807, 2.05) is 23.8 Å². The van der Waals surface area contributed by atoms with Gasteiger partial charge in [-0.25, -0.2) is 22.6 Å². The summed E-state index contributed by atoms with van der Waals surface area (Å²) in [4.78, 5) is 12.3. The second-order valence-corrected chi connectivity index (χ2v) is 8.02. The third kappa shape index (κ3) is 4.39. The van der Waals surface area contributed by atoms with E-state index >= 15 is 0 Å². The molecule has 0 fully saturated rings. The van der Waals surface area contributed by atoms with Gasteiger partial charge in [-0.3, -0.25) is 5.32 Å². The quantitative estimate of drug-likeness (QED) is 0.644. The lowest BCUT2D eigenvalue weighted by atomic mass is 10.2. The number of para-hydroxylation sites is 1. The number of anilines is 1. The van der Waals surface area contributed by atoms with Gasteiger partial charge < -0.3 is 0 Å². The molecule has 148 valence electrons. The number of hydrogen-bond acceptors (Lipinski definition) is 5. The summed E-state index contributed by atoms with van der Waals surface area (Å²) in [6.07, 6.45) is 0.460. The second-order valence-electron chi connectivity index (χ2n) is 5.90. The van der Waals surface area contributed by atoms with E-state index in [2.05, 4.69) is 10.4 Å². The van der Waals surface area contributed by atoms with Crippen molar-refractivity contribution in [1.29, 1.82) is 5.26 Å². The molecule has 0 aliphatic rings. The van der Waals surface area contributed by atoms with Crippen molar-refractivity contribution in [3.63, 3.8) is 0 Å². The van der Waals surface area contributed by atoms with Gasteiger partial charge in [0.25, 0.3) is 10.0 Å². The number of rotatable bonds is 5. The van der Waals surface area contributed by atoms with Crippen LogP contribution in [0.3, 0.4) is 0 Å². The third-order valence-electron chi connectivity index (χ3n) is 3.99. The first-order chi connectivity index (χ1) is 13.9. The zero-order chi connectivity index (χ0) is 21.0. The van der Waals surface area contributed by atoms with Crippen LogP contribution in [0.1, 0.15) is 18.2 Å². The second kappa shape index (κ2) is 8.34. The summed E-state index contributed by atoms with van der Waals surface area (Å²) in [5.74, 6) is 0.0827. The molecule has 0 aliphatic carbocycles. The molecule has 1 aromatic heterocycles. The fraction of sp³-hybridized carbons (Fsp3) is 0.105. The number of benzene rings is 2. The van der Waals surface area contributed by atoms with E-state index in [0.29, 0.717) is 22.8 Å². The maximum atomic E-state index is 12.4. The van der Waals surface area contributed by atoms with Gasteiger partial charge >= 0.3 is 6.03 Å². The minimum absolute atomic E-state index is 0.0827. The molecule has 3 aromatic rings. The molecule has 0 atom stereocenters. The van der Waals surface area contributed by atoms with Crippen molar-refractivity contribution in [1.82, 2.24) is 14.5 Å². The van der Waals surface area contributed by atoms with E-state index in [9.17, 15) is 18.5 Å². The fourth-order valence-electron chi connectivity index (χ4n) is 2.63. The Morgan fingerprint density at radius 1 is 1.17 bits per heavy atom. The number of carbonyl (C=O) groups excluding carboxylic acids is 1. The molecular weight excluding hydrogens is 414 g/mol. The van der Waals surface area contributed by atoms with Gasteiger partial charge in [0.15, 0.2) is 5.82 Å². The first-order valence-electron chi connectivity index (χ1n) is 8.52. The average molecular weight is 430 g/mol. The number of nitrogens with zero attached hydrogens (tertiary/aromatic N) is 3. The molecule has 2 amide bonds. The van der Waals surface area contributed by atoms with Crippen molar-refractivity contribution in [3.05, 3.63) is 70.9 Å². The summed E-state index contributed by atoms with van der Waals surface area (Å²) in [5.41, 5.74) is 1.25. The van der Waals surface area contributed by atoms with Crippen LogP contribution < -0.4 is 10.0 Å². The van der Waals surface area contributed by atoms with Crippen LogP contribution in [0.4, 0.5) is 10.6 Å². The molecule has 0 radical (unpaired) electrons. The van der Waals surface area contributed by atoms with Crippen LogP contribution in [-0.4, -0.2) is 24.2 Å². The van der Waals surface area contributed by atoms with Crippen LogP contribution in [0.5, 0.6) is 0 Å². The van der Waals surface area contributed by atoms with E-state index in [-0.39, 0.29) is 16.3 Å². The summed E-state index contributed by atoms with van der Waals surface area (Å²) in [7, 11) is -4.13. The number of aromatic nitrogens is 2. The Hall–Kier alpha value is -3.35. The number of nitriles is 1. The van der Waals surface area contributed by atoms with E-state index in [4.69, 9.17) is 11.6 Å². The van der Waals surface area contributed by atoms with Gasteiger partial charge in [0.05, 0.1) is 16.3 Å². The van der Waals surface area contributed by atoms with Gasteiger partial charge in [-0.1, -0.05) is 36.7 Å². The minimum atomic E-state index is -4.13. The molecule has 8 nitrogen and oxygen atoms in total. The molecule has 10 heteroatoms. The third-order valence-corrected chi connectivity index (χ3v) is 5.59. The Labute approximate surface area is 172 Å². The van der Waals surface area contributed by atoms with Gasteiger partial charge in [-0.05, 0) is 42.8 Å². The Balaban J connectivity index is 1.93. The Morgan fingerprint density at radius 2 is 1.83 bits per heavy atom. The number of carbonyl (C=O) groups is 1. The van der Waals surface area contributed by atoms with Crippen LogP contribution in [-0.2, 0) is 16.4 Å². The highest BCUT2D eigenvalue weighted by molar-refractivity contribution is 7.90. The highest BCUT2D eigenvalue weighted by atomic mass is 35.5. The van der Waals surface area contributed by atoms with E-state index in [0.717, 1.165) is 0 Å². The average Bonchev–Trinajstić information content (AvgIpc) is 3.05. The molecule has 0 saturated heterocycles. The van der Waals surface area contributed by atoms with Crippen LogP contribution in [0, 0.1) is 11.3 Å². The standard InChI is InChI=1S/C19H16ClN5O3S/c1-2-17-16(12-21)18(25(23-17)14-6-4-3-5-7-14)22-19(26)24-29(27,28)15-10-8-13(20)9-11-15/h3-11H,2H2,1H3,(H2,22,24,26). The number of amides is 2. The van der Waals surface area contributed by atoms with Gasteiger partial charge in [0.2, 0.25) is 0 Å². The number of aryl methyl sites for hydroxylation is 1. The molecule has 0 unspecified atom stereocenters. The smallest absolute Gasteiger partial charge is 0.290 e. The van der Waals surface area contributed by atoms with Crippen LogP contribution >= 0.6 is 11.6 Å². The van der Waals surface area contributed by atoms with Crippen LogP contribution in [0.25, 0.3) is 5.69 Å². The monoisotopic (exact) mass is 429 g/mol. The number of sulfonamides is 1. The molecular formula is C19H16ClN5O3S. The molecule has 0 bridgehead atoms. The first-order valence-corrected chi connectivity index (χ1v) is 10.4. The molecule has 29 heavy (non-hydrogen) atoms. The van der Waals surface area contributed by atoms with Crippen molar-refractivity contribution in [2.75, 3.05) is 5.32 Å². The largest absolute Gasteiger partial charge is 0.334 e. The molecule has 2 aromatic carbocycles. The Morgan fingerprint density at radius 3 is 2.41 bits per heavy atom. The van der Waals surface area contributed by atoms with Crippen LogP contribution in [0.2, 0.25) is 5.02 Å². The van der Waals surface area contributed by atoms with E-state index < -0.39 is 16.1 Å². The topological polar surface area (TPSA) is 117 Å². The SMILES string of the molecule is CCc1nn(-c2ccccc2)c(NC(=O)NS(=O)(=O)c2ccc(Cl)cc2)c1C#N. The number of urea groups is 1. The summed E-state index contributed by atoms with van der Waals surface area (Å²) >= 11 is 5.77. The molecule has 0 aliphatic heterocycles. The highest BCUT2D eigenvalue weighted by Crippen LogP contribution is 2.24. The lowest BCUT2D eigenvalue weighted by molar-refractivity contribution is 0.256. The number of halogens is 1. The maximum absolute atomic E-state index is 12.4. The van der Waals surface area contributed by atoms with Crippen molar-refractivity contribution in [3.8, 4) is 11.8 Å². The van der Waals surface area contributed by atoms with E-state index in [1.54, 1.807) is 24.3 Å². The predicted molar refractivity (Wildman–Crippen MR) is 108 cm³/mol. The van der Waals surface area contributed by atoms with E-state index in [1.165, 1.54) is 28.9 Å². The Bertz CT molecular complexity index is 1180.